The van der Waals surface area contributed by atoms with E-state index >= 15 is 0 Å². The molecule has 25 heavy (non-hydrogen) atoms. The van der Waals surface area contributed by atoms with Crippen molar-refractivity contribution < 1.29 is 4.63 Å². The van der Waals surface area contributed by atoms with Gasteiger partial charge in [0.25, 0.3) is 0 Å². The molecule has 126 valence electrons. The molecule has 0 aliphatic carbocycles. The molecule has 1 aliphatic heterocycles. The number of hydrogen-bond acceptors (Lipinski definition) is 7. The van der Waals surface area contributed by atoms with Crippen molar-refractivity contribution in [2.45, 2.75) is 13.8 Å². The van der Waals surface area contributed by atoms with Crippen molar-refractivity contribution in [3.05, 3.63) is 71.3 Å². The van der Waals surface area contributed by atoms with Crippen LogP contribution in [0.4, 0.5) is 23.0 Å². The molecule has 7 nitrogen and oxygen atoms in total. The van der Waals surface area contributed by atoms with Crippen molar-refractivity contribution >= 4 is 23.0 Å². The van der Waals surface area contributed by atoms with Crippen LogP contribution in [0.15, 0.2) is 64.8 Å². The maximum Gasteiger partial charge on any atom is 0.229 e. The Hall–Kier alpha value is -3.48. The van der Waals surface area contributed by atoms with Gasteiger partial charge in [-0.25, -0.2) is 4.63 Å². The molecular weight excluding hydrogens is 316 g/mol. The minimum absolute atomic E-state index is 0.371. The average molecular weight is 334 g/mol. The van der Waals surface area contributed by atoms with Crippen molar-refractivity contribution in [3.8, 4) is 0 Å². The van der Waals surface area contributed by atoms with Crippen LogP contribution in [0, 0.1) is 13.8 Å². The van der Waals surface area contributed by atoms with Crippen LogP contribution in [-0.4, -0.2) is 10.3 Å². The smallest absolute Gasteiger partial charge is 0.229 e. The number of nitrogens with zero attached hydrogens (tertiary/aromatic N) is 4. The molecule has 4 rings (SSSR count). The zero-order chi connectivity index (χ0) is 17.6. The first-order valence-corrected chi connectivity index (χ1v) is 7.87. The molecule has 0 atom stereocenters. The fourth-order valence-corrected chi connectivity index (χ4v) is 2.98. The third-order valence-corrected chi connectivity index (χ3v) is 4.14. The normalized spacial score (nSPS) is 14.0. The summed E-state index contributed by atoms with van der Waals surface area (Å²) in [6, 6.07) is 15.8. The zero-order valence-corrected chi connectivity index (χ0v) is 14.0. The van der Waals surface area contributed by atoms with Crippen LogP contribution in [0.1, 0.15) is 11.1 Å². The summed E-state index contributed by atoms with van der Waals surface area (Å²) in [5.41, 5.74) is 16.6. The van der Waals surface area contributed by atoms with Gasteiger partial charge in [-0.1, -0.05) is 24.3 Å². The van der Waals surface area contributed by atoms with Crippen LogP contribution < -0.4 is 21.3 Å². The Bertz CT molecular complexity index is 901. The van der Waals surface area contributed by atoms with E-state index in [1.165, 1.54) is 0 Å². The molecule has 0 unspecified atom stereocenters. The van der Waals surface area contributed by atoms with Gasteiger partial charge >= 0.3 is 0 Å². The lowest BCUT2D eigenvalue weighted by atomic mass is 10.1. The van der Waals surface area contributed by atoms with Gasteiger partial charge in [0, 0.05) is 11.4 Å². The summed E-state index contributed by atoms with van der Waals surface area (Å²) < 4.78 is 5.01. The molecular formula is C18H18N6O. The third-order valence-electron chi connectivity index (χ3n) is 4.14. The molecule has 0 fully saturated rings. The van der Waals surface area contributed by atoms with Gasteiger partial charge in [0.05, 0.1) is 0 Å². The van der Waals surface area contributed by atoms with E-state index in [0.717, 1.165) is 22.5 Å². The summed E-state index contributed by atoms with van der Waals surface area (Å²) in [5.74, 6) is 1.74. The molecule has 3 aromatic rings. The van der Waals surface area contributed by atoms with Gasteiger partial charge in [-0.2, -0.15) is 0 Å². The quantitative estimate of drug-likeness (QED) is 0.743. The van der Waals surface area contributed by atoms with Crippen LogP contribution in [0.2, 0.25) is 0 Å². The monoisotopic (exact) mass is 334 g/mol. The lowest BCUT2D eigenvalue weighted by Crippen LogP contribution is -2.38. The average Bonchev–Trinajstić information content (AvgIpc) is 3.04. The zero-order valence-electron chi connectivity index (χ0n) is 14.0. The molecule has 2 heterocycles. The molecule has 0 bridgehead atoms. The number of fused-ring (bicyclic) bond motifs is 1. The van der Waals surface area contributed by atoms with Crippen molar-refractivity contribution in [3.63, 3.8) is 0 Å². The highest BCUT2D eigenvalue weighted by Crippen LogP contribution is 2.42. The van der Waals surface area contributed by atoms with Crippen LogP contribution >= 0.6 is 0 Å². The summed E-state index contributed by atoms with van der Waals surface area (Å²) >= 11 is 0. The molecule has 4 N–H and O–H groups in total. The predicted octanol–water partition coefficient (Wildman–Crippen LogP) is 3.02. The van der Waals surface area contributed by atoms with Crippen molar-refractivity contribution in [2.75, 3.05) is 9.80 Å². The maximum absolute atomic E-state index is 6.37. The molecule has 0 amide bonds. The van der Waals surface area contributed by atoms with E-state index in [0.29, 0.717) is 23.3 Å². The van der Waals surface area contributed by atoms with E-state index in [2.05, 4.69) is 10.3 Å². The molecule has 0 saturated heterocycles. The highest BCUT2D eigenvalue weighted by molar-refractivity contribution is 5.83. The van der Waals surface area contributed by atoms with Crippen molar-refractivity contribution in [1.29, 1.82) is 0 Å². The lowest BCUT2D eigenvalue weighted by Gasteiger charge is -2.34. The Labute approximate surface area is 145 Å². The van der Waals surface area contributed by atoms with Crippen LogP contribution in [0.25, 0.3) is 0 Å². The van der Waals surface area contributed by atoms with Gasteiger partial charge in [-0.05, 0) is 59.6 Å². The van der Waals surface area contributed by atoms with E-state index in [1.54, 1.807) is 9.80 Å². The third kappa shape index (κ3) is 2.37. The second-order valence-corrected chi connectivity index (χ2v) is 6.03. The van der Waals surface area contributed by atoms with Crippen LogP contribution in [0.3, 0.4) is 0 Å². The van der Waals surface area contributed by atoms with Gasteiger partial charge in [0.15, 0.2) is 11.6 Å². The number of anilines is 4. The lowest BCUT2D eigenvalue weighted by molar-refractivity contribution is 0.309. The number of rotatable bonds is 2. The van der Waals surface area contributed by atoms with Crippen LogP contribution in [0.5, 0.6) is 0 Å². The number of nitrogens with two attached hydrogens (primary N) is 2. The molecule has 1 aromatic heterocycles. The Morgan fingerprint density at radius 1 is 0.760 bits per heavy atom. The topological polar surface area (TPSA) is 97.4 Å². The largest absolute Gasteiger partial charge is 0.382 e. The number of hydrogen-bond donors (Lipinski definition) is 2. The Morgan fingerprint density at radius 3 is 1.60 bits per heavy atom. The minimum atomic E-state index is 0.371. The standard InChI is InChI=1S/C18H18N6O/c1-11-5-3-7-13(9-11)23-15(19)16(20)24(18-17(23)21-25-22-18)14-8-4-6-12(2)10-14/h3-10H,19-20H2,1-2H3. The molecule has 2 aromatic carbocycles. The van der Waals surface area contributed by atoms with Crippen LogP contribution in [-0.2, 0) is 0 Å². The van der Waals surface area contributed by atoms with E-state index in [1.807, 2.05) is 62.4 Å². The van der Waals surface area contributed by atoms with Gasteiger partial charge in [0.2, 0.25) is 11.6 Å². The van der Waals surface area contributed by atoms with Gasteiger partial charge in [-0.3, -0.25) is 9.80 Å². The highest BCUT2D eigenvalue weighted by Gasteiger charge is 2.35. The summed E-state index contributed by atoms with van der Waals surface area (Å²) in [6.45, 7) is 4.02. The Balaban J connectivity index is 1.90. The SMILES string of the molecule is Cc1cccc(N2C(N)=C(N)N(c3cccc(C)c3)c3nonc32)c1. The summed E-state index contributed by atoms with van der Waals surface area (Å²) in [5, 5.41) is 8.11. The number of aromatic nitrogens is 2. The molecule has 1 aliphatic rings. The predicted molar refractivity (Wildman–Crippen MR) is 96.3 cm³/mol. The first-order chi connectivity index (χ1) is 12.1. The Kier molecular flexibility index (Phi) is 3.35. The van der Waals surface area contributed by atoms with Gasteiger partial charge in [-0.15, -0.1) is 0 Å². The fraction of sp³-hybridized carbons (Fsp3) is 0.111. The first kappa shape index (κ1) is 15.1. The minimum Gasteiger partial charge on any atom is -0.382 e. The number of benzene rings is 2. The summed E-state index contributed by atoms with van der Waals surface area (Å²) in [6.07, 6.45) is 0. The molecule has 0 spiro atoms. The maximum atomic E-state index is 6.37. The van der Waals surface area contributed by atoms with E-state index in [9.17, 15) is 0 Å². The van der Waals surface area contributed by atoms with E-state index in [-0.39, 0.29) is 0 Å². The van der Waals surface area contributed by atoms with E-state index < -0.39 is 0 Å². The van der Waals surface area contributed by atoms with Crippen molar-refractivity contribution in [1.82, 2.24) is 10.3 Å². The van der Waals surface area contributed by atoms with Gasteiger partial charge in [0.1, 0.15) is 0 Å². The first-order valence-electron chi connectivity index (χ1n) is 7.87. The van der Waals surface area contributed by atoms with Crippen molar-refractivity contribution in [2.24, 2.45) is 11.5 Å². The Morgan fingerprint density at radius 2 is 1.20 bits per heavy atom. The number of aryl methyl sites for hydroxylation is 2. The van der Waals surface area contributed by atoms with E-state index in [4.69, 9.17) is 16.1 Å². The summed E-state index contributed by atoms with van der Waals surface area (Å²) in [7, 11) is 0. The second kappa shape index (κ2) is 5.55. The van der Waals surface area contributed by atoms with Gasteiger partial charge < -0.3 is 11.5 Å². The summed E-state index contributed by atoms with van der Waals surface area (Å²) in [4.78, 5) is 3.50. The molecule has 7 heteroatoms. The fourth-order valence-electron chi connectivity index (χ4n) is 2.98. The molecule has 0 radical (unpaired) electrons. The highest BCUT2D eigenvalue weighted by atomic mass is 16.6. The molecule has 0 saturated carbocycles. The second-order valence-electron chi connectivity index (χ2n) is 6.03.